The first-order chi connectivity index (χ1) is 13.7. The molecule has 3 aliphatic rings. The summed E-state index contributed by atoms with van der Waals surface area (Å²) >= 11 is 0. The first kappa shape index (κ1) is 25.5. The van der Waals surface area contributed by atoms with Gasteiger partial charge in [0.05, 0.1) is 0 Å². The molecule has 4 rings (SSSR count). The first-order valence-electron chi connectivity index (χ1n) is 11.5. The molecule has 0 aromatic heterocycles. The Balaban J connectivity index is 0.00000160. The van der Waals surface area contributed by atoms with Crippen LogP contribution in [0.2, 0.25) is 0 Å². The number of nitrogens with two attached hydrogens (primary N) is 1. The Morgan fingerprint density at radius 2 is 1.47 bits per heavy atom. The van der Waals surface area contributed by atoms with Gasteiger partial charge in [0.2, 0.25) is 5.91 Å². The van der Waals surface area contributed by atoms with Gasteiger partial charge in [0, 0.05) is 25.0 Å². The molecule has 2 bridgehead atoms. The van der Waals surface area contributed by atoms with Gasteiger partial charge in [0.15, 0.2) is 0 Å². The van der Waals surface area contributed by atoms with Crippen molar-refractivity contribution in [3.8, 4) is 0 Å². The fourth-order valence-corrected chi connectivity index (χ4v) is 5.65. The summed E-state index contributed by atoms with van der Waals surface area (Å²) in [6, 6.07) is 9.15. The van der Waals surface area contributed by atoms with Crippen LogP contribution >= 0.6 is 24.8 Å². The lowest BCUT2D eigenvalue weighted by molar-refractivity contribution is -0.128. The Hall–Kier alpha value is -0.810. The zero-order chi connectivity index (χ0) is 19.3. The van der Waals surface area contributed by atoms with Crippen LogP contribution < -0.4 is 11.1 Å². The second-order valence-corrected chi connectivity index (χ2v) is 9.42. The number of hydrogen-bond donors (Lipinski definition) is 2. The number of nitrogens with zero attached hydrogens (tertiary/aromatic N) is 1. The van der Waals surface area contributed by atoms with Crippen molar-refractivity contribution >= 4 is 30.7 Å². The van der Waals surface area contributed by atoms with Crippen LogP contribution in [0.5, 0.6) is 0 Å². The highest BCUT2D eigenvalue weighted by Crippen LogP contribution is 2.41. The number of carbonyl (C=O) groups is 1. The van der Waals surface area contributed by atoms with E-state index in [9.17, 15) is 4.79 Å². The van der Waals surface area contributed by atoms with Crippen LogP contribution in [0, 0.1) is 17.8 Å². The van der Waals surface area contributed by atoms with Crippen LogP contribution in [0.3, 0.4) is 0 Å². The maximum absolute atomic E-state index is 12.7. The standard InChI is InChI=1S/C24H37N3O.2ClH/c25-23-20-6-5-7-21(23)15-22(14-20)24(28)26-16-18-8-10-19(11-9-18)17-27-12-3-1-2-4-13-27;;/h8-11,20-23H,1-7,12-17,25H2,(H,26,28);2*1H. The molecule has 2 saturated carbocycles. The van der Waals surface area contributed by atoms with Crippen LogP contribution in [0.1, 0.15) is 68.9 Å². The highest BCUT2D eigenvalue weighted by Gasteiger charge is 2.40. The summed E-state index contributed by atoms with van der Waals surface area (Å²) in [5.74, 6) is 1.51. The molecule has 6 heteroatoms. The smallest absolute Gasteiger partial charge is 0.223 e. The fraction of sp³-hybridized carbons (Fsp3) is 0.708. The lowest BCUT2D eigenvalue weighted by atomic mass is 9.65. The molecular weight excluding hydrogens is 417 g/mol. The minimum Gasteiger partial charge on any atom is -0.352 e. The molecule has 30 heavy (non-hydrogen) atoms. The minimum atomic E-state index is 0. The SMILES string of the molecule is Cl.Cl.NC1C2CCCC1CC(C(=O)NCc1ccc(CN3CCCCCC3)cc1)C2. The minimum absolute atomic E-state index is 0. The Bertz CT molecular complexity index is 632. The van der Waals surface area contributed by atoms with Gasteiger partial charge in [-0.05, 0) is 74.6 Å². The summed E-state index contributed by atoms with van der Waals surface area (Å²) in [5, 5.41) is 3.19. The largest absolute Gasteiger partial charge is 0.352 e. The molecule has 2 unspecified atom stereocenters. The van der Waals surface area contributed by atoms with E-state index in [1.54, 1.807) is 0 Å². The molecule has 2 atom stereocenters. The molecule has 1 heterocycles. The number of benzene rings is 1. The van der Waals surface area contributed by atoms with Crippen LogP contribution in [0.15, 0.2) is 24.3 Å². The van der Waals surface area contributed by atoms with Gasteiger partial charge in [-0.3, -0.25) is 9.69 Å². The summed E-state index contributed by atoms with van der Waals surface area (Å²) in [5.41, 5.74) is 8.94. The Labute approximate surface area is 194 Å². The number of rotatable bonds is 5. The highest BCUT2D eigenvalue weighted by atomic mass is 35.5. The second kappa shape index (κ2) is 12.3. The molecule has 0 spiro atoms. The Morgan fingerprint density at radius 3 is 2.07 bits per heavy atom. The van der Waals surface area contributed by atoms with Gasteiger partial charge in [-0.2, -0.15) is 0 Å². The van der Waals surface area contributed by atoms with Gasteiger partial charge < -0.3 is 11.1 Å². The third kappa shape index (κ3) is 6.59. The normalized spacial score (nSPS) is 29.1. The van der Waals surface area contributed by atoms with Crippen LogP contribution in [0.4, 0.5) is 0 Å². The molecular formula is C24H39Cl2N3O. The fourth-order valence-electron chi connectivity index (χ4n) is 5.65. The zero-order valence-electron chi connectivity index (χ0n) is 18.1. The van der Waals surface area contributed by atoms with Gasteiger partial charge in [0.25, 0.3) is 0 Å². The number of nitrogens with one attached hydrogen (secondary N) is 1. The number of carbonyl (C=O) groups excluding carboxylic acids is 1. The van der Waals surface area contributed by atoms with E-state index < -0.39 is 0 Å². The number of amides is 1. The van der Waals surface area contributed by atoms with Crippen LogP contribution in [-0.4, -0.2) is 29.9 Å². The van der Waals surface area contributed by atoms with Crippen LogP contribution in [0.25, 0.3) is 0 Å². The molecule has 1 aliphatic heterocycles. The molecule has 1 aromatic carbocycles. The summed E-state index contributed by atoms with van der Waals surface area (Å²) in [7, 11) is 0. The predicted octanol–water partition coefficient (Wildman–Crippen LogP) is 4.68. The molecule has 1 aromatic rings. The predicted molar refractivity (Wildman–Crippen MR) is 128 cm³/mol. The molecule has 4 nitrogen and oxygen atoms in total. The Morgan fingerprint density at radius 1 is 0.900 bits per heavy atom. The van der Waals surface area contributed by atoms with Crippen molar-refractivity contribution in [3.63, 3.8) is 0 Å². The average molecular weight is 457 g/mol. The van der Waals surface area contributed by atoms with Gasteiger partial charge in [-0.25, -0.2) is 0 Å². The molecule has 1 amide bonds. The van der Waals surface area contributed by atoms with Gasteiger partial charge >= 0.3 is 0 Å². The van der Waals surface area contributed by atoms with Crippen molar-refractivity contribution in [1.29, 1.82) is 0 Å². The van der Waals surface area contributed by atoms with E-state index in [1.807, 2.05) is 0 Å². The highest BCUT2D eigenvalue weighted by molar-refractivity contribution is 5.85. The molecule has 170 valence electrons. The monoisotopic (exact) mass is 455 g/mol. The van der Waals surface area contributed by atoms with E-state index in [2.05, 4.69) is 34.5 Å². The molecule has 1 saturated heterocycles. The topological polar surface area (TPSA) is 58.4 Å². The average Bonchev–Trinajstić information content (AvgIpc) is 2.96. The zero-order valence-corrected chi connectivity index (χ0v) is 19.7. The Kier molecular flexibility index (Phi) is 10.4. The molecule has 3 fully saturated rings. The quantitative estimate of drug-likeness (QED) is 0.677. The van der Waals surface area contributed by atoms with E-state index >= 15 is 0 Å². The maximum Gasteiger partial charge on any atom is 0.223 e. The first-order valence-corrected chi connectivity index (χ1v) is 11.5. The van der Waals surface area contributed by atoms with Crippen molar-refractivity contribution in [2.24, 2.45) is 23.5 Å². The summed E-state index contributed by atoms with van der Waals surface area (Å²) < 4.78 is 0. The number of fused-ring (bicyclic) bond motifs is 2. The lowest BCUT2D eigenvalue weighted by Gasteiger charge is -2.43. The van der Waals surface area contributed by atoms with Gasteiger partial charge in [0.1, 0.15) is 0 Å². The van der Waals surface area contributed by atoms with Crippen molar-refractivity contribution < 1.29 is 4.79 Å². The number of hydrogen-bond acceptors (Lipinski definition) is 3. The van der Waals surface area contributed by atoms with Crippen molar-refractivity contribution in [1.82, 2.24) is 10.2 Å². The van der Waals surface area contributed by atoms with E-state index in [0.717, 1.165) is 19.4 Å². The van der Waals surface area contributed by atoms with E-state index in [1.165, 1.54) is 69.2 Å². The second-order valence-electron chi connectivity index (χ2n) is 9.42. The molecule has 0 radical (unpaired) electrons. The summed E-state index contributed by atoms with van der Waals surface area (Å²) in [4.78, 5) is 15.3. The summed E-state index contributed by atoms with van der Waals surface area (Å²) in [6.45, 7) is 4.15. The maximum atomic E-state index is 12.7. The van der Waals surface area contributed by atoms with Gasteiger partial charge in [-0.15, -0.1) is 24.8 Å². The third-order valence-corrected chi connectivity index (χ3v) is 7.38. The van der Waals surface area contributed by atoms with Crippen molar-refractivity contribution in [2.75, 3.05) is 13.1 Å². The lowest BCUT2D eigenvalue weighted by Crippen LogP contribution is -2.49. The third-order valence-electron chi connectivity index (χ3n) is 7.38. The molecule has 3 N–H and O–H groups in total. The van der Waals surface area contributed by atoms with E-state index in [0.29, 0.717) is 24.4 Å². The van der Waals surface area contributed by atoms with Crippen molar-refractivity contribution in [3.05, 3.63) is 35.4 Å². The number of likely N-dealkylation sites (tertiary alicyclic amines) is 1. The van der Waals surface area contributed by atoms with E-state index in [4.69, 9.17) is 5.73 Å². The molecule has 2 aliphatic carbocycles. The van der Waals surface area contributed by atoms with E-state index in [-0.39, 0.29) is 36.6 Å². The van der Waals surface area contributed by atoms with Gasteiger partial charge in [-0.1, -0.05) is 43.5 Å². The van der Waals surface area contributed by atoms with Crippen molar-refractivity contribution in [2.45, 2.75) is 76.9 Å². The van der Waals surface area contributed by atoms with Crippen LogP contribution in [-0.2, 0) is 17.9 Å². The summed E-state index contributed by atoms with van der Waals surface area (Å²) in [6.07, 6.45) is 11.1. The number of halogens is 2.